The van der Waals surface area contributed by atoms with Crippen molar-refractivity contribution in [3.63, 3.8) is 0 Å². The van der Waals surface area contributed by atoms with E-state index in [0.29, 0.717) is 23.0 Å². The predicted molar refractivity (Wildman–Crippen MR) is 87.0 cm³/mol. The highest BCUT2D eigenvalue weighted by Gasteiger charge is 2.59. The summed E-state index contributed by atoms with van der Waals surface area (Å²) in [6.45, 7) is 14.9. The lowest BCUT2D eigenvalue weighted by molar-refractivity contribution is -0.231. The molecule has 0 aromatic carbocycles. The van der Waals surface area contributed by atoms with Crippen LogP contribution in [0, 0.1) is 46.3 Å². The maximum Gasteiger partial charge on any atom is 0.0610 e. The standard InChI is InChI=1S/C20H34O/c1-11-15-7-13(19(15,3)4)9-17(11)21-18-10-14-8-16(12(18)2)20(14,5)6/h11-18H,7-10H2,1-6H3. The summed E-state index contributed by atoms with van der Waals surface area (Å²) in [5.74, 6) is 5.20. The minimum absolute atomic E-state index is 0.551. The van der Waals surface area contributed by atoms with Crippen molar-refractivity contribution in [2.45, 2.75) is 79.4 Å². The van der Waals surface area contributed by atoms with Gasteiger partial charge in [0.15, 0.2) is 0 Å². The maximum absolute atomic E-state index is 6.75. The zero-order chi connectivity index (χ0) is 15.2. The van der Waals surface area contributed by atoms with Gasteiger partial charge in [0.1, 0.15) is 0 Å². The first kappa shape index (κ1) is 14.5. The Labute approximate surface area is 131 Å². The van der Waals surface area contributed by atoms with Crippen molar-refractivity contribution in [2.24, 2.45) is 46.3 Å². The third-order valence-electron chi connectivity index (χ3n) is 8.92. The van der Waals surface area contributed by atoms with E-state index in [1.807, 2.05) is 0 Å². The molecule has 0 aliphatic heterocycles. The molecule has 0 aromatic heterocycles. The molecule has 1 heteroatoms. The number of rotatable bonds is 2. The van der Waals surface area contributed by atoms with Crippen LogP contribution in [0.1, 0.15) is 67.2 Å². The molecule has 6 aliphatic carbocycles. The van der Waals surface area contributed by atoms with Crippen molar-refractivity contribution in [3.05, 3.63) is 0 Å². The highest BCUT2D eigenvalue weighted by Crippen LogP contribution is 2.64. The Kier molecular flexibility index (Phi) is 2.96. The summed E-state index contributed by atoms with van der Waals surface area (Å²) in [6.07, 6.45) is 6.68. The van der Waals surface area contributed by atoms with E-state index in [2.05, 4.69) is 41.5 Å². The molecule has 6 aliphatic rings. The molecule has 0 spiro atoms. The van der Waals surface area contributed by atoms with Crippen LogP contribution in [-0.4, -0.2) is 12.2 Å². The second-order valence-electron chi connectivity index (χ2n) is 10.1. The van der Waals surface area contributed by atoms with Gasteiger partial charge in [0.2, 0.25) is 0 Å². The van der Waals surface area contributed by atoms with Crippen molar-refractivity contribution in [3.8, 4) is 0 Å². The molecule has 0 saturated heterocycles. The van der Waals surface area contributed by atoms with E-state index in [0.717, 1.165) is 35.5 Å². The lowest BCUT2D eigenvalue weighted by atomic mass is 9.44. The van der Waals surface area contributed by atoms with Gasteiger partial charge in [-0.1, -0.05) is 41.5 Å². The monoisotopic (exact) mass is 290 g/mol. The first-order valence-electron chi connectivity index (χ1n) is 9.38. The molecule has 4 bridgehead atoms. The zero-order valence-corrected chi connectivity index (χ0v) is 14.9. The first-order valence-corrected chi connectivity index (χ1v) is 9.38. The van der Waals surface area contributed by atoms with Gasteiger partial charge in [0.05, 0.1) is 12.2 Å². The summed E-state index contributed by atoms with van der Waals surface area (Å²) in [7, 11) is 0. The average molecular weight is 290 g/mol. The largest absolute Gasteiger partial charge is 0.374 e. The van der Waals surface area contributed by atoms with Crippen LogP contribution in [0.5, 0.6) is 0 Å². The van der Waals surface area contributed by atoms with Crippen LogP contribution in [0.3, 0.4) is 0 Å². The molecule has 6 saturated carbocycles. The fourth-order valence-electron chi connectivity index (χ4n) is 6.79. The Morgan fingerprint density at radius 3 is 1.33 bits per heavy atom. The lowest BCUT2D eigenvalue weighted by Crippen LogP contribution is -2.60. The Hall–Kier alpha value is -0.0400. The molecule has 0 radical (unpaired) electrons. The van der Waals surface area contributed by atoms with Gasteiger partial charge in [-0.05, 0) is 72.0 Å². The van der Waals surface area contributed by atoms with Gasteiger partial charge in [-0.25, -0.2) is 0 Å². The fourth-order valence-corrected chi connectivity index (χ4v) is 6.79. The highest BCUT2D eigenvalue weighted by atomic mass is 16.5. The van der Waals surface area contributed by atoms with Crippen LogP contribution in [0.2, 0.25) is 0 Å². The van der Waals surface area contributed by atoms with Crippen molar-refractivity contribution >= 4 is 0 Å². The highest BCUT2D eigenvalue weighted by molar-refractivity contribution is 5.08. The predicted octanol–water partition coefficient (Wildman–Crippen LogP) is 5.14. The second-order valence-corrected chi connectivity index (χ2v) is 10.1. The van der Waals surface area contributed by atoms with Gasteiger partial charge >= 0.3 is 0 Å². The summed E-state index contributed by atoms with van der Waals surface area (Å²) >= 11 is 0. The molecule has 6 fully saturated rings. The summed E-state index contributed by atoms with van der Waals surface area (Å²) in [6, 6.07) is 0. The van der Waals surface area contributed by atoms with Gasteiger partial charge < -0.3 is 4.74 Å². The molecule has 8 atom stereocenters. The van der Waals surface area contributed by atoms with Crippen molar-refractivity contribution in [1.82, 2.24) is 0 Å². The van der Waals surface area contributed by atoms with E-state index >= 15 is 0 Å². The molecule has 8 unspecified atom stereocenters. The number of fused-ring (bicyclic) bond motifs is 4. The van der Waals surface area contributed by atoms with Crippen molar-refractivity contribution in [2.75, 3.05) is 0 Å². The summed E-state index contributed by atoms with van der Waals surface area (Å²) < 4.78 is 6.75. The second kappa shape index (κ2) is 4.28. The van der Waals surface area contributed by atoms with Gasteiger partial charge in [-0.2, -0.15) is 0 Å². The van der Waals surface area contributed by atoms with Gasteiger partial charge in [-0.3, -0.25) is 0 Å². The topological polar surface area (TPSA) is 9.23 Å². The maximum atomic E-state index is 6.75. The van der Waals surface area contributed by atoms with Crippen LogP contribution >= 0.6 is 0 Å². The number of ether oxygens (including phenoxy) is 1. The Balaban J connectivity index is 1.42. The fraction of sp³-hybridized carbons (Fsp3) is 1.00. The summed E-state index contributed by atoms with van der Waals surface area (Å²) in [4.78, 5) is 0. The third-order valence-corrected chi connectivity index (χ3v) is 8.92. The molecule has 120 valence electrons. The Morgan fingerprint density at radius 2 is 1.05 bits per heavy atom. The lowest BCUT2D eigenvalue weighted by Gasteiger charge is -2.64. The van der Waals surface area contributed by atoms with Crippen molar-refractivity contribution < 1.29 is 4.74 Å². The number of hydrogen-bond donors (Lipinski definition) is 0. The molecular formula is C20H34O. The SMILES string of the molecule is CC1C(OC2CC3CC(C2C)C3(C)C)CC2CC1C2(C)C. The van der Waals surface area contributed by atoms with Crippen LogP contribution in [-0.2, 0) is 4.74 Å². The van der Waals surface area contributed by atoms with Gasteiger partial charge in [0.25, 0.3) is 0 Å². The van der Waals surface area contributed by atoms with Gasteiger partial charge in [0, 0.05) is 0 Å². The summed E-state index contributed by atoms with van der Waals surface area (Å²) in [5.41, 5.74) is 1.17. The molecular weight excluding hydrogens is 256 g/mol. The van der Waals surface area contributed by atoms with E-state index < -0.39 is 0 Å². The quantitative estimate of drug-likeness (QED) is 0.684. The van der Waals surface area contributed by atoms with E-state index in [1.165, 1.54) is 25.7 Å². The Bertz CT molecular complexity index is 397. The van der Waals surface area contributed by atoms with E-state index in [-0.39, 0.29) is 0 Å². The molecule has 0 amide bonds. The van der Waals surface area contributed by atoms with Crippen LogP contribution in [0.4, 0.5) is 0 Å². The van der Waals surface area contributed by atoms with Gasteiger partial charge in [-0.15, -0.1) is 0 Å². The minimum atomic E-state index is 0.551. The van der Waals surface area contributed by atoms with Crippen LogP contribution in [0.25, 0.3) is 0 Å². The molecule has 6 rings (SSSR count). The van der Waals surface area contributed by atoms with Crippen LogP contribution in [0.15, 0.2) is 0 Å². The van der Waals surface area contributed by atoms with Crippen LogP contribution < -0.4 is 0 Å². The van der Waals surface area contributed by atoms with E-state index in [4.69, 9.17) is 4.74 Å². The number of hydrogen-bond acceptors (Lipinski definition) is 1. The van der Waals surface area contributed by atoms with E-state index in [9.17, 15) is 0 Å². The van der Waals surface area contributed by atoms with Crippen molar-refractivity contribution in [1.29, 1.82) is 0 Å². The molecule has 1 nitrogen and oxygen atoms in total. The molecule has 0 N–H and O–H groups in total. The minimum Gasteiger partial charge on any atom is -0.374 e. The first-order chi connectivity index (χ1) is 9.73. The normalized spacial score (nSPS) is 56.3. The third kappa shape index (κ3) is 1.79. The summed E-state index contributed by atoms with van der Waals surface area (Å²) in [5, 5.41) is 0. The zero-order valence-electron chi connectivity index (χ0n) is 14.9. The van der Waals surface area contributed by atoms with E-state index in [1.54, 1.807) is 0 Å². The molecule has 0 heterocycles. The molecule has 0 aromatic rings. The molecule has 21 heavy (non-hydrogen) atoms. The Morgan fingerprint density at radius 1 is 0.667 bits per heavy atom. The smallest absolute Gasteiger partial charge is 0.0610 e. The average Bonchev–Trinajstić information content (AvgIpc) is 2.41.